The van der Waals surface area contributed by atoms with Gasteiger partial charge in [-0.15, -0.1) is 5.10 Å². The molecule has 2 N–H and O–H groups in total. The van der Waals surface area contributed by atoms with Crippen LogP contribution in [0.3, 0.4) is 0 Å². The average molecular weight is 492 g/mol. The largest absolute Gasteiger partial charge is 0.444 e. The summed E-state index contributed by atoms with van der Waals surface area (Å²) in [5, 5.41) is 12.8. The quantitative estimate of drug-likeness (QED) is 0.490. The van der Waals surface area contributed by atoms with E-state index in [1.165, 1.54) is 17.9 Å². The van der Waals surface area contributed by atoms with Gasteiger partial charge in [-0.3, -0.25) is 15.6 Å². The van der Waals surface area contributed by atoms with Crippen LogP contribution in [-0.2, 0) is 16.5 Å². The maximum atomic E-state index is 14.6. The number of amides is 2. The van der Waals surface area contributed by atoms with E-state index in [1.807, 2.05) is 0 Å². The molecule has 0 aliphatic rings. The fourth-order valence-corrected chi connectivity index (χ4v) is 3.06. The van der Waals surface area contributed by atoms with Crippen molar-refractivity contribution in [2.45, 2.75) is 39.4 Å². The van der Waals surface area contributed by atoms with Crippen LogP contribution in [0.2, 0.25) is 5.15 Å². The first-order valence-corrected chi connectivity index (χ1v) is 10.5. The highest BCUT2D eigenvalue weighted by Gasteiger charge is 2.22. The van der Waals surface area contributed by atoms with Gasteiger partial charge in [0.25, 0.3) is 0 Å². The first-order valence-electron chi connectivity index (χ1n) is 10.1. The molecule has 2 amide bonds. The van der Waals surface area contributed by atoms with Gasteiger partial charge >= 0.3 is 12.2 Å². The summed E-state index contributed by atoms with van der Waals surface area (Å²) in [6, 6.07) is 4.40. The minimum Gasteiger partial charge on any atom is -0.444 e. The van der Waals surface area contributed by atoms with Crippen molar-refractivity contribution in [2.75, 3.05) is 10.6 Å². The molecule has 3 rings (SSSR count). The summed E-state index contributed by atoms with van der Waals surface area (Å²) in [7, 11) is 1.53. The molecule has 3 aromatic rings. The lowest BCUT2D eigenvalue weighted by Gasteiger charge is -2.19. The Kier molecular flexibility index (Phi) is 7.30. The Morgan fingerprint density at radius 2 is 1.94 bits per heavy atom. The topological polar surface area (TPSA) is 133 Å². The van der Waals surface area contributed by atoms with Gasteiger partial charge < -0.3 is 9.47 Å². The molecule has 3 aromatic heterocycles. The summed E-state index contributed by atoms with van der Waals surface area (Å²) in [6.07, 6.45) is 0.292. The van der Waals surface area contributed by atoms with E-state index in [0.29, 0.717) is 5.56 Å². The van der Waals surface area contributed by atoms with Crippen LogP contribution in [0, 0.1) is 5.82 Å². The van der Waals surface area contributed by atoms with Crippen LogP contribution in [0.5, 0.6) is 0 Å². The monoisotopic (exact) mass is 491 g/mol. The summed E-state index contributed by atoms with van der Waals surface area (Å²) in [6.45, 7) is 6.69. The standard InChI is InChI=1S/C21H23ClFN7O4/c1-11(12-7-6-8-24-17(12)22)33-19(31)27-18-16(28-29-30(18)5)14-9-13(23)15(10-25-14)26-20(32)34-21(2,3)4/h6-11H,1-5H3,(H,26,32)(H,27,31)/t11-/m1/s1. The molecule has 0 aliphatic heterocycles. The van der Waals surface area contributed by atoms with Gasteiger partial charge in [-0.2, -0.15) is 0 Å². The maximum absolute atomic E-state index is 14.6. The number of nitrogens with one attached hydrogen (secondary N) is 2. The number of aromatic nitrogens is 5. The van der Waals surface area contributed by atoms with E-state index in [2.05, 4.69) is 30.9 Å². The fourth-order valence-electron chi connectivity index (χ4n) is 2.79. The molecule has 1 atom stereocenters. The summed E-state index contributed by atoms with van der Waals surface area (Å²) >= 11 is 6.04. The van der Waals surface area contributed by atoms with Gasteiger partial charge in [-0.25, -0.2) is 23.6 Å². The highest BCUT2D eigenvalue weighted by Crippen LogP contribution is 2.28. The minimum absolute atomic E-state index is 0.0685. The number of halogens is 2. The molecule has 34 heavy (non-hydrogen) atoms. The molecule has 11 nitrogen and oxygen atoms in total. The van der Waals surface area contributed by atoms with E-state index < -0.39 is 29.7 Å². The Morgan fingerprint density at radius 1 is 1.21 bits per heavy atom. The van der Waals surface area contributed by atoms with E-state index in [-0.39, 0.29) is 28.0 Å². The molecule has 0 unspecified atom stereocenters. The number of pyridine rings is 2. The van der Waals surface area contributed by atoms with Gasteiger partial charge in [0, 0.05) is 24.9 Å². The van der Waals surface area contributed by atoms with E-state index in [1.54, 1.807) is 39.8 Å². The van der Waals surface area contributed by atoms with Gasteiger partial charge in [-0.05, 0) is 33.8 Å². The molecule has 0 aromatic carbocycles. The number of anilines is 2. The second kappa shape index (κ2) is 10.00. The summed E-state index contributed by atoms with van der Waals surface area (Å²) in [4.78, 5) is 32.4. The number of carbonyl (C=O) groups excluding carboxylic acids is 2. The van der Waals surface area contributed by atoms with Crippen LogP contribution < -0.4 is 10.6 Å². The third-order valence-electron chi connectivity index (χ3n) is 4.29. The van der Waals surface area contributed by atoms with Crippen molar-refractivity contribution in [3.63, 3.8) is 0 Å². The van der Waals surface area contributed by atoms with Crippen molar-refractivity contribution in [3.05, 3.63) is 47.1 Å². The van der Waals surface area contributed by atoms with Crippen LogP contribution in [0.4, 0.5) is 25.5 Å². The van der Waals surface area contributed by atoms with Crippen LogP contribution in [0.15, 0.2) is 30.6 Å². The number of hydrogen-bond donors (Lipinski definition) is 2. The normalized spacial score (nSPS) is 12.1. The Labute approximate surface area is 199 Å². The maximum Gasteiger partial charge on any atom is 0.413 e. The van der Waals surface area contributed by atoms with E-state index in [9.17, 15) is 14.0 Å². The fraction of sp³-hybridized carbons (Fsp3) is 0.333. The Balaban J connectivity index is 1.75. The van der Waals surface area contributed by atoms with Crippen molar-refractivity contribution in [3.8, 4) is 11.4 Å². The molecular formula is C21H23ClFN7O4. The Hall–Kier alpha value is -3.80. The number of nitrogens with zero attached hydrogens (tertiary/aromatic N) is 5. The summed E-state index contributed by atoms with van der Waals surface area (Å²) in [5.74, 6) is -0.663. The van der Waals surface area contributed by atoms with Crippen molar-refractivity contribution in [1.82, 2.24) is 25.0 Å². The molecule has 13 heteroatoms. The SMILES string of the molecule is C[C@@H](OC(=O)Nc1c(-c2cc(F)c(NC(=O)OC(C)(C)C)cn2)nnn1C)c1cccnc1Cl. The molecular weight excluding hydrogens is 469 g/mol. The van der Waals surface area contributed by atoms with Crippen LogP contribution >= 0.6 is 11.6 Å². The second-order valence-electron chi connectivity index (χ2n) is 8.14. The zero-order valence-electron chi connectivity index (χ0n) is 19.1. The highest BCUT2D eigenvalue weighted by atomic mass is 35.5. The lowest BCUT2D eigenvalue weighted by atomic mass is 10.2. The first kappa shape index (κ1) is 24.8. The Morgan fingerprint density at radius 3 is 2.59 bits per heavy atom. The number of hydrogen-bond acceptors (Lipinski definition) is 8. The number of carbonyl (C=O) groups is 2. The number of aryl methyl sites for hydroxylation is 1. The number of ether oxygens (including phenoxy) is 2. The third-order valence-corrected chi connectivity index (χ3v) is 4.60. The molecule has 0 fully saturated rings. The molecule has 3 heterocycles. The molecule has 0 bridgehead atoms. The molecule has 0 aliphatic carbocycles. The van der Waals surface area contributed by atoms with Crippen molar-refractivity contribution in [1.29, 1.82) is 0 Å². The molecule has 0 saturated carbocycles. The number of rotatable bonds is 5. The van der Waals surface area contributed by atoms with E-state index in [4.69, 9.17) is 21.1 Å². The average Bonchev–Trinajstić information content (AvgIpc) is 3.08. The minimum atomic E-state index is -0.826. The Bertz CT molecular complexity index is 1210. The predicted octanol–water partition coefficient (Wildman–Crippen LogP) is 4.72. The van der Waals surface area contributed by atoms with Gasteiger partial charge in [-0.1, -0.05) is 22.9 Å². The van der Waals surface area contributed by atoms with Crippen molar-refractivity contribution in [2.24, 2.45) is 7.05 Å². The molecule has 0 spiro atoms. The van der Waals surface area contributed by atoms with Crippen molar-refractivity contribution >= 4 is 35.3 Å². The molecule has 0 radical (unpaired) electrons. The van der Waals surface area contributed by atoms with E-state index in [0.717, 1.165) is 12.3 Å². The molecule has 180 valence electrons. The van der Waals surface area contributed by atoms with E-state index >= 15 is 0 Å². The second-order valence-corrected chi connectivity index (χ2v) is 8.50. The summed E-state index contributed by atoms with van der Waals surface area (Å²) < 4.78 is 26.4. The zero-order chi connectivity index (χ0) is 25.0. The highest BCUT2D eigenvalue weighted by molar-refractivity contribution is 6.30. The van der Waals surface area contributed by atoms with Gasteiger partial charge in [0.1, 0.15) is 16.9 Å². The zero-order valence-corrected chi connectivity index (χ0v) is 19.8. The van der Waals surface area contributed by atoms with Gasteiger partial charge in [0.2, 0.25) is 0 Å². The lowest BCUT2D eigenvalue weighted by Crippen LogP contribution is -2.27. The lowest BCUT2D eigenvalue weighted by molar-refractivity contribution is 0.0635. The van der Waals surface area contributed by atoms with Gasteiger partial charge in [0.05, 0.1) is 17.6 Å². The molecule has 0 saturated heterocycles. The summed E-state index contributed by atoms with van der Waals surface area (Å²) in [5.41, 5.74) is -0.242. The van der Waals surface area contributed by atoms with Gasteiger partial charge in [0.15, 0.2) is 17.3 Å². The first-order chi connectivity index (χ1) is 15.9. The van der Waals surface area contributed by atoms with Crippen LogP contribution in [0.25, 0.3) is 11.4 Å². The smallest absolute Gasteiger partial charge is 0.413 e. The third kappa shape index (κ3) is 6.16. The van der Waals surface area contributed by atoms with Crippen molar-refractivity contribution < 1.29 is 23.5 Å². The van der Waals surface area contributed by atoms with Crippen LogP contribution in [0.1, 0.15) is 39.4 Å². The van der Waals surface area contributed by atoms with Crippen LogP contribution in [-0.4, -0.2) is 42.7 Å². The predicted molar refractivity (Wildman–Crippen MR) is 122 cm³/mol.